The molecule has 1 heterocycles. The minimum Gasteiger partial charge on any atom is -0.489 e. The highest BCUT2D eigenvalue weighted by Gasteiger charge is 2.04. The molecule has 0 atom stereocenters. The molecule has 0 amide bonds. The number of guanidine groups is 1. The van der Waals surface area contributed by atoms with Crippen molar-refractivity contribution in [3.05, 3.63) is 58.6 Å². The number of nitrogens with one attached hydrogen (secondary N) is 2. The topological polar surface area (TPSA) is 58.5 Å². The van der Waals surface area contributed by atoms with Crippen molar-refractivity contribution in [3.8, 4) is 5.75 Å². The van der Waals surface area contributed by atoms with Gasteiger partial charge < -0.3 is 15.4 Å². The molecular formula is C18H25IN4OS. The molecule has 1 aromatic carbocycles. The second kappa shape index (κ2) is 11.9. The average molecular weight is 472 g/mol. The summed E-state index contributed by atoms with van der Waals surface area (Å²) in [6, 6.07) is 7.96. The summed E-state index contributed by atoms with van der Waals surface area (Å²) in [5.74, 6) is 1.62. The third-order valence-corrected chi connectivity index (χ3v) is 4.16. The second-order valence-corrected chi connectivity index (χ2v) is 6.23. The molecule has 0 unspecified atom stereocenters. The van der Waals surface area contributed by atoms with E-state index in [2.05, 4.69) is 32.6 Å². The number of rotatable bonds is 8. The van der Waals surface area contributed by atoms with Gasteiger partial charge in [-0.3, -0.25) is 4.99 Å². The van der Waals surface area contributed by atoms with Crippen LogP contribution in [0.4, 0.5) is 0 Å². The fourth-order valence-corrected chi connectivity index (χ4v) is 2.82. The molecule has 2 rings (SSSR count). The summed E-state index contributed by atoms with van der Waals surface area (Å²) in [5, 5.41) is 9.81. The zero-order valence-corrected chi connectivity index (χ0v) is 17.8. The first-order chi connectivity index (χ1) is 11.7. The van der Waals surface area contributed by atoms with Crippen LogP contribution in [-0.4, -0.2) is 31.1 Å². The second-order valence-electron chi connectivity index (χ2n) is 5.17. The lowest BCUT2D eigenvalue weighted by atomic mass is 10.2. The summed E-state index contributed by atoms with van der Waals surface area (Å²) in [7, 11) is 1.77. The van der Waals surface area contributed by atoms with E-state index in [0.717, 1.165) is 40.9 Å². The van der Waals surface area contributed by atoms with Crippen LogP contribution in [0.25, 0.3) is 0 Å². The van der Waals surface area contributed by atoms with Crippen molar-refractivity contribution in [1.29, 1.82) is 0 Å². The van der Waals surface area contributed by atoms with Crippen LogP contribution in [0, 0.1) is 6.92 Å². The van der Waals surface area contributed by atoms with Gasteiger partial charge >= 0.3 is 0 Å². The monoisotopic (exact) mass is 472 g/mol. The van der Waals surface area contributed by atoms with Crippen molar-refractivity contribution >= 4 is 41.3 Å². The van der Waals surface area contributed by atoms with Crippen molar-refractivity contribution in [2.24, 2.45) is 4.99 Å². The third kappa shape index (κ3) is 7.43. The Labute approximate surface area is 170 Å². The summed E-state index contributed by atoms with van der Waals surface area (Å²) in [6.45, 7) is 7.63. The summed E-state index contributed by atoms with van der Waals surface area (Å²) in [6.07, 6.45) is 2.62. The van der Waals surface area contributed by atoms with Crippen LogP contribution in [0.5, 0.6) is 5.75 Å². The summed E-state index contributed by atoms with van der Waals surface area (Å²) in [4.78, 5) is 8.71. The van der Waals surface area contributed by atoms with Gasteiger partial charge in [0.1, 0.15) is 12.4 Å². The first-order valence-electron chi connectivity index (χ1n) is 7.90. The van der Waals surface area contributed by atoms with Crippen LogP contribution in [0.1, 0.15) is 16.3 Å². The number of hydrogen-bond donors (Lipinski definition) is 2. The minimum absolute atomic E-state index is 0. The highest BCUT2D eigenvalue weighted by Crippen LogP contribution is 2.17. The first kappa shape index (κ1) is 21.4. The smallest absolute Gasteiger partial charge is 0.191 e. The number of aromatic nitrogens is 1. The van der Waals surface area contributed by atoms with Gasteiger partial charge in [0.15, 0.2) is 5.96 Å². The summed E-state index contributed by atoms with van der Waals surface area (Å²) in [5.41, 5.74) is 2.20. The molecule has 0 radical (unpaired) electrons. The lowest BCUT2D eigenvalue weighted by molar-refractivity contribution is 0.358. The SMILES string of the molecule is C=CCOc1ccccc1CNC(=NC)NCCc1csc(C)n1.I. The van der Waals surface area contributed by atoms with E-state index in [4.69, 9.17) is 4.74 Å². The van der Waals surface area contributed by atoms with Crippen LogP contribution in [0.15, 0.2) is 47.3 Å². The number of aryl methyl sites for hydroxylation is 1. The van der Waals surface area contributed by atoms with E-state index < -0.39 is 0 Å². The maximum absolute atomic E-state index is 5.67. The third-order valence-electron chi connectivity index (χ3n) is 3.34. The number of ether oxygens (including phenoxy) is 1. The lowest BCUT2D eigenvalue weighted by Gasteiger charge is -2.14. The van der Waals surface area contributed by atoms with Crippen LogP contribution < -0.4 is 15.4 Å². The highest BCUT2D eigenvalue weighted by atomic mass is 127. The molecule has 2 N–H and O–H groups in total. The van der Waals surface area contributed by atoms with Gasteiger partial charge in [-0.2, -0.15) is 0 Å². The molecule has 0 fully saturated rings. The van der Waals surface area contributed by atoms with Gasteiger partial charge in [0.05, 0.1) is 10.7 Å². The highest BCUT2D eigenvalue weighted by molar-refractivity contribution is 14.0. The van der Waals surface area contributed by atoms with Crippen molar-refractivity contribution in [3.63, 3.8) is 0 Å². The number of thiazole rings is 1. The van der Waals surface area contributed by atoms with Gasteiger partial charge in [-0.1, -0.05) is 30.9 Å². The number of hydrogen-bond acceptors (Lipinski definition) is 4. The summed E-state index contributed by atoms with van der Waals surface area (Å²) >= 11 is 1.68. The Balaban J connectivity index is 0.00000312. The van der Waals surface area contributed by atoms with E-state index in [1.165, 1.54) is 0 Å². The predicted molar refractivity (Wildman–Crippen MR) is 116 cm³/mol. The van der Waals surface area contributed by atoms with Crippen molar-refractivity contribution in [2.75, 3.05) is 20.2 Å². The van der Waals surface area contributed by atoms with E-state index in [1.807, 2.05) is 31.2 Å². The van der Waals surface area contributed by atoms with E-state index in [9.17, 15) is 0 Å². The summed E-state index contributed by atoms with van der Waals surface area (Å²) < 4.78 is 5.67. The predicted octanol–water partition coefficient (Wildman–Crippen LogP) is 3.54. The normalized spacial score (nSPS) is 10.7. The van der Waals surface area contributed by atoms with Crippen LogP contribution in [0.3, 0.4) is 0 Å². The Morgan fingerprint density at radius 2 is 2.16 bits per heavy atom. The Hall–Kier alpha value is -1.61. The molecule has 1 aromatic heterocycles. The standard InChI is InChI=1S/C18H24N4OS.HI/c1-4-11-23-17-8-6-5-7-15(17)12-21-18(19-3)20-10-9-16-13-24-14(2)22-16;/h4-8,13H,1,9-12H2,2-3H3,(H2,19,20,21);1H. The van der Waals surface area contributed by atoms with E-state index in [-0.39, 0.29) is 24.0 Å². The fraction of sp³-hybridized carbons (Fsp3) is 0.333. The average Bonchev–Trinajstić information content (AvgIpc) is 3.02. The minimum atomic E-state index is 0. The number of aliphatic imine (C=N–C) groups is 1. The Bertz CT molecular complexity index is 687. The van der Waals surface area contributed by atoms with Crippen molar-refractivity contribution in [1.82, 2.24) is 15.6 Å². The van der Waals surface area contributed by atoms with Gasteiger partial charge in [-0.05, 0) is 13.0 Å². The molecule has 0 bridgehead atoms. The number of halogens is 1. The largest absolute Gasteiger partial charge is 0.489 e. The number of para-hydroxylation sites is 1. The molecule has 136 valence electrons. The fourth-order valence-electron chi connectivity index (χ4n) is 2.17. The van der Waals surface area contributed by atoms with E-state index in [0.29, 0.717) is 13.2 Å². The van der Waals surface area contributed by atoms with Gasteiger partial charge in [0.2, 0.25) is 0 Å². The number of nitrogens with zero attached hydrogens (tertiary/aromatic N) is 2. The van der Waals surface area contributed by atoms with Crippen LogP contribution >= 0.6 is 35.3 Å². The molecule has 7 heteroatoms. The molecule has 0 saturated carbocycles. The van der Waals surface area contributed by atoms with Crippen molar-refractivity contribution in [2.45, 2.75) is 19.9 Å². The maximum atomic E-state index is 5.67. The Kier molecular flexibility index (Phi) is 10.2. The van der Waals surface area contributed by atoms with E-state index >= 15 is 0 Å². The lowest BCUT2D eigenvalue weighted by Crippen LogP contribution is -2.38. The molecule has 5 nitrogen and oxygen atoms in total. The first-order valence-corrected chi connectivity index (χ1v) is 8.78. The molecule has 0 aliphatic heterocycles. The zero-order chi connectivity index (χ0) is 17.2. The maximum Gasteiger partial charge on any atom is 0.191 e. The molecule has 2 aromatic rings. The van der Waals surface area contributed by atoms with Gasteiger partial charge in [-0.25, -0.2) is 4.98 Å². The Morgan fingerprint density at radius 1 is 1.36 bits per heavy atom. The quantitative estimate of drug-likeness (QED) is 0.267. The van der Waals surface area contributed by atoms with Crippen LogP contribution in [0.2, 0.25) is 0 Å². The molecule has 0 aliphatic carbocycles. The number of benzene rings is 1. The van der Waals surface area contributed by atoms with E-state index in [1.54, 1.807) is 24.5 Å². The van der Waals surface area contributed by atoms with Gasteiger partial charge in [-0.15, -0.1) is 35.3 Å². The molecular weight excluding hydrogens is 447 g/mol. The molecule has 25 heavy (non-hydrogen) atoms. The molecule has 0 spiro atoms. The Morgan fingerprint density at radius 3 is 2.84 bits per heavy atom. The van der Waals surface area contributed by atoms with Gasteiger partial charge in [0, 0.05) is 37.5 Å². The van der Waals surface area contributed by atoms with Crippen LogP contribution in [-0.2, 0) is 13.0 Å². The van der Waals surface area contributed by atoms with Gasteiger partial charge in [0.25, 0.3) is 0 Å². The molecule has 0 aliphatic rings. The zero-order valence-electron chi connectivity index (χ0n) is 14.6. The molecule has 0 saturated heterocycles. The van der Waals surface area contributed by atoms with Crippen molar-refractivity contribution < 1.29 is 4.74 Å².